The Bertz CT molecular complexity index is 603. The van der Waals surface area contributed by atoms with E-state index in [-0.39, 0.29) is 5.56 Å². The molecule has 0 aromatic carbocycles. The van der Waals surface area contributed by atoms with Gasteiger partial charge in [0.25, 0.3) is 5.56 Å². The zero-order valence-corrected chi connectivity index (χ0v) is 13.0. The normalized spacial score (nSPS) is 11.3. The molecule has 0 fully saturated rings. The molecular weight excluding hydrogens is 272 g/mol. The summed E-state index contributed by atoms with van der Waals surface area (Å²) in [6, 6.07) is 1.91. The third kappa shape index (κ3) is 3.67. The first kappa shape index (κ1) is 15.2. The van der Waals surface area contributed by atoms with Crippen LogP contribution in [0.25, 0.3) is 10.2 Å². The molecule has 4 nitrogen and oxygen atoms in total. The van der Waals surface area contributed by atoms with E-state index in [2.05, 4.69) is 11.9 Å². The van der Waals surface area contributed by atoms with E-state index in [1.807, 2.05) is 18.4 Å². The van der Waals surface area contributed by atoms with Gasteiger partial charge in [0.2, 0.25) is 0 Å². The standard InChI is InChI=1S/C15H22N2O2S/c1-3-9-19-10-6-4-5-8-17-12(2)16-13-7-11-20-14(13)15(17)18/h7,11H,3-6,8-10H2,1-2H3. The van der Waals surface area contributed by atoms with Crippen molar-refractivity contribution in [2.45, 2.75) is 46.1 Å². The van der Waals surface area contributed by atoms with Crippen molar-refractivity contribution in [3.8, 4) is 0 Å². The molecule has 2 aromatic rings. The van der Waals surface area contributed by atoms with Crippen molar-refractivity contribution in [1.29, 1.82) is 0 Å². The van der Waals surface area contributed by atoms with Crippen molar-refractivity contribution in [2.24, 2.45) is 0 Å². The summed E-state index contributed by atoms with van der Waals surface area (Å²) in [6.07, 6.45) is 4.20. The van der Waals surface area contributed by atoms with Crippen LogP contribution in [-0.4, -0.2) is 22.8 Å². The number of hydrogen-bond donors (Lipinski definition) is 0. The number of nitrogens with zero attached hydrogens (tertiary/aromatic N) is 2. The second-order valence-corrected chi connectivity index (χ2v) is 5.84. The molecule has 0 aliphatic carbocycles. The lowest BCUT2D eigenvalue weighted by Crippen LogP contribution is -2.23. The van der Waals surface area contributed by atoms with Crippen molar-refractivity contribution in [3.05, 3.63) is 27.6 Å². The van der Waals surface area contributed by atoms with E-state index in [1.165, 1.54) is 11.3 Å². The summed E-state index contributed by atoms with van der Waals surface area (Å²) in [4.78, 5) is 16.8. The third-order valence-corrected chi connectivity index (χ3v) is 4.17. The molecule has 0 saturated carbocycles. The number of rotatable bonds is 8. The topological polar surface area (TPSA) is 44.1 Å². The van der Waals surface area contributed by atoms with E-state index in [1.54, 1.807) is 4.57 Å². The molecule has 0 saturated heterocycles. The van der Waals surface area contributed by atoms with Gasteiger partial charge in [0.05, 0.1) is 5.52 Å². The van der Waals surface area contributed by atoms with Gasteiger partial charge in [0.15, 0.2) is 0 Å². The Morgan fingerprint density at radius 2 is 2.15 bits per heavy atom. The minimum atomic E-state index is 0.102. The van der Waals surface area contributed by atoms with E-state index < -0.39 is 0 Å². The fraction of sp³-hybridized carbons (Fsp3) is 0.600. The van der Waals surface area contributed by atoms with E-state index in [9.17, 15) is 4.79 Å². The van der Waals surface area contributed by atoms with Crippen LogP contribution in [0.1, 0.15) is 38.4 Å². The molecule has 0 bridgehead atoms. The molecule has 0 amide bonds. The molecule has 0 radical (unpaired) electrons. The largest absolute Gasteiger partial charge is 0.381 e. The minimum Gasteiger partial charge on any atom is -0.381 e. The van der Waals surface area contributed by atoms with Crippen LogP contribution in [0.3, 0.4) is 0 Å². The Balaban J connectivity index is 1.88. The zero-order valence-electron chi connectivity index (χ0n) is 12.2. The van der Waals surface area contributed by atoms with Gasteiger partial charge in [-0.2, -0.15) is 0 Å². The summed E-state index contributed by atoms with van der Waals surface area (Å²) in [5.74, 6) is 0.808. The Morgan fingerprint density at radius 3 is 2.95 bits per heavy atom. The van der Waals surface area contributed by atoms with Gasteiger partial charge >= 0.3 is 0 Å². The summed E-state index contributed by atoms with van der Waals surface area (Å²) in [7, 11) is 0. The summed E-state index contributed by atoms with van der Waals surface area (Å²) in [5, 5.41) is 1.92. The van der Waals surface area contributed by atoms with Crippen LogP contribution in [0.4, 0.5) is 0 Å². The Hall–Kier alpha value is -1.20. The first-order chi connectivity index (χ1) is 9.74. The lowest BCUT2D eigenvalue weighted by atomic mass is 10.2. The van der Waals surface area contributed by atoms with Crippen LogP contribution in [0, 0.1) is 6.92 Å². The molecule has 110 valence electrons. The average Bonchev–Trinajstić information content (AvgIpc) is 2.89. The average molecular weight is 294 g/mol. The van der Waals surface area contributed by atoms with Gasteiger partial charge in [0, 0.05) is 19.8 Å². The lowest BCUT2D eigenvalue weighted by Gasteiger charge is -2.09. The predicted octanol–water partition coefficient (Wildman–Crippen LogP) is 3.36. The maximum absolute atomic E-state index is 12.3. The van der Waals surface area contributed by atoms with Gasteiger partial charge < -0.3 is 4.74 Å². The molecular formula is C15H22N2O2S. The molecule has 2 heterocycles. The molecule has 0 spiro atoms. The highest BCUT2D eigenvalue weighted by Crippen LogP contribution is 2.15. The van der Waals surface area contributed by atoms with Crippen LogP contribution in [0.5, 0.6) is 0 Å². The smallest absolute Gasteiger partial charge is 0.271 e. The van der Waals surface area contributed by atoms with E-state index >= 15 is 0 Å². The maximum Gasteiger partial charge on any atom is 0.271 e. The highest BCUT2D eigenvalue weighted by Gasteiger charge is 2.08. The summed E-state index contributed by atoms with van der Waals surface area (Å²) >= 11 is 1.47. The van der Waals surface area contributed by atoms with Crippen LogP contribution in [0.2, 0.25) is 0 Å². The molecule has 2 rings (SSSR count). The predicted molar refractivity (Wildman–Crippen MR) is 83.6 cm³/mol. The first-order valence-corrected chi connectivity index (χ1v) is 8.14. The highest BCUT2D eigenvalue weighted by molar-refractivity contribution is 7.17. The van der Waals surface area contributed by atoms with Gasteiger partial charge in [-0.05, 0) is 44.1 Å². The number of hydrogen-bond acceptors (Lipinski definition) is 4. The number of unbranched alkanes of at least 4 members (excludes halogenated alkanes) is 2. The first-order valence-electron chi connectivity index (χ1n) is 7.26. The van der Waals surface area contributed by atoms with Crippen LogP contribution in [0.15, 0.2) is 16.2 Å². The molecule has 20 heavy (non-hydrogen) atoms. The molecule has 0 unspecified atom stereocenters. The second-order valence-electron chi connectivity index (χ2n) is 4.92. The van der Waals surface area contributed by atoms with Gasteiger partial charge in [-0.15, -0.1) is 11.3 Å². The van der Waals surface area contributed by atoms with E-state index in [0.29, 0.717) is 0 Å². The van der Waals surface area contributed by atoms with Crippen molar-refractivity contribution < 1.29 is 4.74 Å². The number of aryl methyl sites for hydroxylation is 1. The molecule has 5 heteroatoms. The Kier molecular flexibility index (Phi) is 5.73. The lowest BCUT2D eigenvalue weighted by molar-refractivity contribution is 0.130. The summed E-state index contributed by atoms with van der Waals surface area (Å²) in [6.45, 7) is 6.44. The highest BCUT2D eigenvalue weighted by atomic mass is 32.1. The zero-order chi connectivity index (χ0) is 14.4. The summed E-state index contributed by atoms with van der Waals surface area (Å²) < 4.78 is 8.01. The van der Waals surface area contributed by atoms with E-state index in [4.69, 9.17) is 4.74 Å². The Morgan fingerprint density at radius 1 is 1.30 bits per heavy atom. The number of thiophene rings is 1. The van der Waals surface area contributed by atoms with Gasteiger partial charge in [-0.1, -0.05) is 6.92 Å². The number of aromatic nitrogens is 2. The molecule has 0 atom stereocenters. The van der Waals surface area contributed by atoms with Crippen LogP contribution in [-0.2, 0) is 11.3 Å². The number of fused-ring (bicyclic) bond motifs is 1. The maximum atomic E-state index is 12.3. The number of ether oxygens (including phenoxy) is 1. The quantitative estimate of drug-likeness (QED) is 0.701. The SMILES string of the molecule is CCCOCCCCCn1c(C)nc2ccsc2c1=O. The van der Waals surface area contributed by atoms with Crippen molar-refractivity contribution in [1.82, 2.24) is 9.55 Å². The van der Waals surface area contributed by atoms with Gasteiger partial charge in [0.1, 0.15) is 10.5 Å². The van der Waals surface area contributed by atoms with E-state index in [0.717, 1.165) is 61.5 Å². The molecule has 0 N–H and O–H groups in total. The molecule has 0 aliphatic heterocycles. The van der Waals surface area contributed by atoms with Crippen molar-refractivity contribution in [3.63, 3.8) is 0 Å². The third-order valence-electron chi connectivity index (χ3n) is 3.28. The fourth-order valence-corrected chi connectivity index (χ4v) is 2.99. The summed E-state index contributed by atoms with van der Waals surface area (Å²) in [5.41, 5.74) is 0.923. The minimum absolute atomic E-state index is 0.102. The van der Waals surface area contributed by atoms with Gasteiger partial charge in [-0.3, -0.25) is 9.36 Å². The second kappa shape index (κ2) is 7.55. The molecule has 0 aliphatic rings. The Labute approximate surface area is 123 Å². The van der Waals surface area contributed by atoms with Crippen LogP contribution < -0.4 is 5.56 Å². The van der Waals surface area contributed by atoms with Gasteiger partial charge in [-0.25, -0.2) is 4.98 Å². The van der Waals surface area contributed by atoms with Crippen molar-refractivity contribution in [2.75, 3.05) is 13.2 Å². The molecule has 2 aromatic heterocycles. The van der Waals surface area contributed by atoms with Crippen LogP contribution >= 0.6 is 11.3 Å². The fourth-order valence-electron chi connectivity index (χ4n) is 2.22. The monoisotopic (exact) mass is 294 g/mol. The van der Waals surface area contributed by atoms with Crippen molar-refractivity contribution >= 4 is 21.6 Å².